The lowest BCUT2D eigenvalue weighted by Crippen LogP contribution is -2.44. The van der Waals surface area contributed by atoms with Crippen LogP contribution in [0.15, 0.2) is 0 Å². The van der Waals surface area contributed by atoms with Crippen LogP contribution in [0.25, 0.3) is 0 Å². The molecule has 7 heteroatoms. The Morgan fingerprint density at radius 1 is 1.15 bits per heavy atom. The summed E-state index contributed by atoms with van der Waals surface area (Å²) in [5.41, 5.74) is -0.852. The van der Waals surface area contributed by atoms with Crippen LogP contribution in [0.2, 0.25) is 0 Å². The van der Waals surface area contributed by atoms with E-state index >= 15 is 0 Å². The molecule has 0 aliphatic heterocycles. The highest BCUT2D eigenvalue weighted by atomic mass is 16.6. The molecule has 1 saturated carbocycles. The Labute approximate surface area is 155 Å². The van der Waals surface area contributed by atoms with E-state index < -0.39 is 29.7 Å². The van der Waals surface area contributed by atoms with Crippen LogP contribution in [0.1, 0.15) is 78.6 Å². The molecule has 0 aromatic carbocycles. The van der Waals surface area contributed by atoms with Crippen LogP contribution in [0.3, 0.4) is 0 Å². The molecule has 1 rings (SSSR count). The van der Waals surface area contributed by atoms with E-state index in [1.165, 1.54) is 7.11 Å². The number of esters is 1. The monoisotopic (exact) mass is 371 g/mol. The molecule has 1 fully saturated rings. The first-order valence-electron chi connectivity index (χ1n) is 9.36. The first-order chi connectivity index (χ1) is 12.1. The summed E-state index contributed by atoms with van der Waals surface area (Å²) >= 11 is 0. The molecule has 1 aliphatic rings. The highest BCUT2D eigenvalue weighted by molar-refractivity contribution is 5.81. The Balaban J connectivity index is 2.63. The molecule has 0 aromatic heterocycles. The molecule has 2 N–H and O–H groups in total. The summed E-state index contributed by atoms with van der Waals surface area (Å²) in [4.78, 5) is 35.2. The number of carbonyl (C=O) groups excluding carboxylic acids is 2. The van der Waals surface area contributed by atoms with Crippen molar-refractivity contribution in [3.8, 4) is 0 Å². The highest BCUT2D eigenvalue weighted by Gasteiger charge is 2.34. The molecule has 0 radical (unpaired) electrons. The molecule has 0 saturated heterocycles. The van der Waals surface area contributed by atoms with Crippen molar-refractivity contribution in [2.45, 2.75) is 90.2 Å². The van der Waals surface area contributed by atoms with Crippen molar-refractivity contribution in [3.05, 3.63) is 0 Å². The van der Waals surface area contributed by atoms with Gasteiger partial charge in [0.25, 0.3) is 0 Å². The number of rotatable bonds is 8. The molecular formula is C19H33NO6. The van der Waals surface area contributed by atoms with E-state index in [0.717, 1.165) is 38.5 Å². The summed E-state index contributed by atoms with van der Waals surface area (Å²) in [7, 11) is 1.28. The molecule has 1 unspecified atom stereocenters. The Bertz CT molecular complexity index is 491. The Hall–Kier alpha value is -1.79. The molecule has 1 aliphatic carbocycles. The number of aliphatic carboxylic acids is 1. The zero-order valence-electron chi connectivity index (χ0n) is 16.4. The fourth-order valence-corrected chi connectivity index (χ4v) is 3.66. The van der Waals surface area contributed by atoms with Crippen molar-refractivity contribution in [3.63, 3.8) is 0 Å². The summed E-state index contributed by atoms with van der Waals surface area (Å²) in [5, 5.41) is 11.8. The number of hydrogen-bond acceptors (Lipinski definition) is 5. The molecule has 1 atom stereocenters. The second-order valence-corrected chi connectivity index (χ2v) is 8.25. The van der Waals surface area contributed by atoms with Gasteiger partial charge in [-0.25, -0.2) is 9.59 Å². The molecule has 0 bridgehead atoms. The molecule has 0 heterocycles. The predicted octanol–water partition coefficient (Wildman–Crippen LogP) is 3.65. The zero-order chi connectivity index (χ0) is 19.8. The summed E-state index contributed by atoms with van der Waals surface area (Å²) < 4.78 is 9.97. The summed E-state index contributed by atoms with van der Waals surface area (Å²) in [6, 6.07) is -0.791. The Morgan fingerprint density at radius 3 is 2.27 bits per heavy atom. The van der Waals surface area contributed by atoms with Crippen molar-refractivity contribution in [1.29, 1.82) is 0 Å². The second-order valence-electron chi connectivity index (χ2n) is 8.25. The SMILES string of the molecule is COC(=O)C(CCCC1(CC(=O)O)CCCCC1)NC(=O)OC(C)(C)C. The number of carbonyl (C=O) groups is 3. The smallest absolute Gasteiger partial charge is 0.408 e. The third-order valence-corrected chi connectivity index (χ3v) is 4.82. The predicted molar refractivity (Wildman–Crippen MR) is 96.8 cm³/mol. The number of nitrogens with one attached hydrogen (secondary N) is 1. The first-order valence-corrected chi connectivity index (χ1v) is 9.36. The van der Waals surface area contributed by atoms with Crippen LogP contribution >= 0.6 is 0 Å². The summed E-state index contributed by atoms with van der Waals surface area (Å²) in [5.74, 6) is -1.30. The number of amides is 1. The van der Waals surface area contributed by atoms with Crippen LogP contribution in [-0.4, -0.2) is 41.9 Å². The number of alkyl carbamates (subject to hydrolysis) is 1. The Kier molecular flexibility index (Phi) is 8.37. The number of carboxylic acid groups (broad SMARTS) is 1. The van der Waals surface area contributed by atoms with Crippen molar-refractivity contribution < 1.29 is 29.0 Å². The van der Waals surface area contributed by atoms with E-state index in [-0.39, 0.29) is 11.8 Å². The zero-order valence-corrected chi connectivity index (χ0v) is 16.4. The van der Waals surface area contributed by atoms with Crippen LogP contribution in [0.4, 0.5) is 4.79 Å². The minimum Gasteiger partial charge on any atom is -0.481 e. The van der Waals surface area contributed by atoms with Gasteiger partial charge in [0.1, 0.15) is 11.6 Å². The van der Waals surface area contributed by atoms with Gasteiger partial charge in [-0.2, -0.15) is 0 Å². The molecular weight excluding hydrogens is 338 g/mol. The van der Waals surface area contributed by atoms with E-state index in [4.69, 9.17) is 9.47 Å². The number of methoxy groups -OCH3 is 1. The molecule has 0 aromatic rings. The maximum atomic E-state index is 12.0. The van der Waals surface area contributed by atoms with E-state index in [1.54, 1.807) is 20.8 Å². The minimum atomic E-state index is -0.791. The van der Waals surface area contributed by atoms with Gasteiger partial charge in [0.2, 0.25) is 0 Å². The van der Waals surface area contributed by atoms with E-state index in [9.17, 15) is 19.5 Å². The molecule has 0 spiro atoms. The van der Waals surface area contributed by atoms with Crippen molar-refractivity contribution in [2.24, 2.45) is 5.41 Å². The fourth-order valence-electron chi connectivity index (χ4n) is 3.66. The van der Waals surface area contributed by atoms with E-state index in [1.807, 2.05) is 0 Å². The van der Waals surface area contributed by atoms with Crippen molar-refractivity contribution in [1.82, 2.24) is 5.32 Å². The number of hydrogen-bond donors (Lipinski definition) is 2. The average molecular weight is 371 g/mol. The van der Waals surface area contributed by atoms with Gasteiger partial charge in [-0.3, -0.25) is 4.79 Å². The molecule has 26 heavy (non-hydrogen) atoms. The van der Waals surface area contributed by atoms with Crippen LogP contribution in [0, 0.1) is 5.41 Å². The quantitative estimate of drug-likeness (QED) is 0.632. The van der Waals surface area contributed by atoms with Crippen molar-refractivity contribution in [2.75, 3.05) is 7.11 Å². The Morgan fingerprint density at radius 2 is 1.77 bits per heavy atom. The van der Waals surface area contributed by atoms with E-state index in [0.29, 0.717) is 12.8 Å². The largest absolute Gasteiger partial charge is 0.481 e. The van der Waals surface area contributed by atoms with Gasteiger partial charge in [0.05, 0.1) is 13.5 Å². The summed E-state index contributed by atoms with van der Waals surface area (Å²) in [6.07, 6.45) is 6.31. The lowest BCUT2D eigenvalue weighted by molar-refractivity contribution is -0.144. The lowest BCUT2D eigenvalue weighted by atomic mass is 9.69. The van der Waals surface area contributed by atoms with Gasteiger partial charge in [-0.15, -0.1) is 0 Å². The topological polar surface area (TPSA) is 102 Å². The third-order valence-electron chi connectivity index (χ3n) is 4.82. The highest BCUT2D eigenvalue weighted by Crippen LogP contribution is 2.43. The van der Waals surface area contributed by atoms with Crippen LogP contribution in [-0.2, 0) is 19.1 Å². The number of carboxylic acids is 1. The van der Waals surface area contributed by atoms with Gasteiger partial charge in [0.15, 0.2) is 0 Å². The molecule has 7 nitrogen and oxygen atoms in total. The van der Waals surface area contributed by atoms with Crippen LogP contribution in [0.5, 0.6) is 0 Å². The van der Waals surface area contributed by atoms with Gasteiger partial charge >= 0.3 is 18.0 Å². The van der Waals surface area contributed by atoms with Crippen LogP contribution < -0.4 is 5.32 Å². The first kappa shape index (κ1) is 22.3. The van der Waals surface area contributed by atoms with Gasteiger partial charge in [0, 0.05) is 0 Å². The van der Waals surface area contributed by atoms with Gasteiger partial charge in [-0.1, -0.05) is 25.7 Å². The number of ether oxygens (including phenoxy) is 2. The average Bonchev–Trinajstić information content (AvgIpc) is 2.51. The van der Waals surface area contributed by atoms with E-state index in [2.05, 4.69) is 5.32 Å². The van der Waals surface area contributed by atoms with Gasteiger partial charge < -0.3 is 19.9 Å². The molecule has 150 valence electrons. The standard InChI is InChI=1S/C19H33NO6/c1-18(2,3)26-17(24)20-14(16(23)25-4)9-8-12-19(13-15(21)22)10-6-5-7-11-19/h14H,5-13H2,1-4H3,(H,20,24)(H,21,22). The normalized spacial score (nSPS) is 17.8. The maximum absolute atomic E-state index is 12.0. The second kappa shape index (κ2) is 9.78. The summed E-state index contributed by atoms with van der Waals surface area (Å²) in [6.45, 7) is 5.25. The minimum absolute atomic E-state index is 0.162. The van der Waals surface area contributed by atoms with Crippen molar-refractivity contribution >= 4 is 18.0 Å². The molecule has 1 amide bonds. The third kappa shape index (κ3) is 8.06. The lowest BCUT2D eigenvalue weighted by Gasteiger charge is -2.36. The maximum Gasteiger partial charge on any atom is 0.408 e. The fraction of sp³-hybridized carbons (Fsp3) is 0.842. The van der Waals surface area contributed by atoms with Gasteiger partial charge in [-0.05, 0) is 51.9 Å².